The number of carbonyl (C=O) groups is 2. The molecule has 1 heterocycles. The summed E-state index contributed by atoms with van der Waals surface area (Å²) in [6.07, 6.45) is -4.53. The molecule has 6 nitrogen and oxygen atoms in total. The van der Waals surface area contributed by atoms with Crippen LogP contribution in [0.3, 0.4) is 0 Å². The Kier molecular flexibility index (Phi) is 8.10. The normalized spacial score (nSPS) is 17.0. The fraction of sp³-hybridized carbons (Fsp3) is 0.636. The Bertz CT molecular complexity index is 769. The summed E-state index contributed by atoms with van der Waals surface area (Å²) < 4.78 is 39.2. The van der Waals surface area contributed by atoms with E-state index in [4.69, 9.17) is 0 Å². The van der Waals surface area contributed by atoms with E-state index in [1.807, 2.05) is 16.8 Å². The molecule has 1 aliphatic rings. The number of halogens is 3. The first-order valence-electron chi connectivity index (χ1n) is 10.5. The number of hydrogen-bond acceptors (Lipinski definition) is 4. The number of benzene rings is 1. The van der Waals surface area contributed by atoms with E-state index in [2.05, 4.69) is 33.0 Å². The number of carbonyl (C=O) groups excluding carboxylic acids is 2. The molecule has 2 amide bonds. The van der Waals surface area contributed by atoms with Crippen LogP contribution in [0.15, 0.2) is 24.3 Å². The fourth-order valence-corrected chi connectivity index (χ4v) is 3.50. The summed E-state index contributed by atoms with van der Waals surface area (Å²) in [7, 11) is 1.94. The van der Waals surface area contributed by atoms with Crippen LogP contribution in [-0.2, 0) is 15.8 Å². The third-order valence-corrected chi connectivity index (χ3v) is 5.90. The molecule has 174 valence electrons. The Morgan fingerprint density at radius 1 is 1.10 bits per heavy atom. The second-order valence-electron chi connectivity index (χ2n) is 9.21. The second kappa shape index (κ2) is 9.99. The van der Waals surface area contributed by atoms with Gasteiger partial charge in [0.1, 0.15) is 0 Å². The number of nitrogens with one attached hydrogen (secondary N) is 1. The predicted molar refractivity (Wildman–Crippen MR) is 115 cm³/mol. The van der Waals surface area contributed by atoms with Crippen molar-refractivity contribution in [3.8, 4) is 0 Å². The van der Waals surface area contributed by atoms with Crippen molar-refractivity contribution >= 4 is 17.5 Å². The van der Waals surface area contributed by atoms with Gasteiger partial charge in [0.05, 0.1) is 24.3 Å². The lowest BCUT2D eigenvalue weighted by Crippen LogP contribution is -2.53. The molecule has 1 N–H and O–H groups in total. The summed E-state index contributed by atoms with van der Waals surface area (Å²) in [6.45, 7) is 10.8. The highest BCUT2D eigenvalue weighted by Crippen LogP contribution is 2.34. The van der Waals surface area contributed by atoms with Gasteiger partial charge >= 0.3 is 6.18 Å². The zero-order valence-corrected chi connectivity index (χ0v) is 18.9. The Hall–Kier alpha value is -2.13. The summed E-state index contributed by atoms with van der Waals surface area (Å²) in [5.74, 6) is -0.461. The lowest BCUT2D eigenvalue weighted by Gasteiger charge is -2.38. The lowest BCUT2D eigenvalue weighted by molar-refractivity contribution is -0.137. The van der Waals surface area contributed by atoms with Crippen molar-refractivity contribution in [1.29, 1.82) is 0 Å². The van der Waals surface area contributed by atoms with Gasteiger partial charge in [0.2, 0.25) is 11.8 Å². The van der Waals surface area contributed by atoms with Gasteiger partial charge < -0.3 is 10.2 Å². The first-order valence-corrected chi connectivity index (χ1v) is 10.5. The topological polar surface area (TPSA) is 55.9 Å². The maximum Gasteiger partial charge on any atom is 0.418 e. The Labute approximate surface area is 182 Å². The largest absolute Gasteiger partial charge is 0.418 e. The lowest BCUT2D eigenvalue weighted by atomic mass is 9.87. The molecule has 1 atom stereocenters. The van der Waals surface area contributed by atoms with Gasteiger partial charge in [0.15, 0.2) is 0 Å². The van der Waals surface area contributed by atoms with Crippen LogP contribution in [0.5, 0.6) is 0 Å². The molecule has 1 fully saturated rings. The molecule has 31 heavy (non-hydrogen) atoms. The SMILES string of the molecule is CC(N(C)CC(=O)N1CCN(CC(=O)Nc2ccccc2C(F)(F)F)CC1)C(C)(C)C. The monoisotopic (exact) mass is 442 g/mol. The van der Waals surface area contributed by atoms with Crippen molar-refractivity contribution in [1.82, 2.24) is 14.7 Å². The van der Waals surface area contributed by atoms with E-state index in [1.165, 1.54) is 18.2 Å². The molecule has 0 bridgehead atoms. The molecule has 9 heteroatoms. The van der Waals surface area contributed by atoms with Crippen molar-refractivity contribution < 1.29 is 22.8 Å². The Morgan fingerprint density at radius 2 is 1.68 bits per heavy atom. The molecule has 0 radical (unpaired) electrons. The van der Waals surface area contributed by atoms with Gasteiger partial charge in [-0.2, -0.15) is 13.2 Å². The second-order valence-corrected chi connectivity index (χ2v) is 9.21. The van der Waals surface area contributed by atoms with E-state index in [9.17, 15) is 22.8 Å². The summed E-state index contributed by atoms with van der Waals surface area (Å²) >= 11 is 0. The quantitative estimate of drug-likeness (QED) is 0.736. The number of alkyl halides is 3. The van der Waals surface area contributed by atoms with Gasteiger partial charge in [-0.1, -0.05) is 32.9 Å². The smallest absolute Gasteiger partial charge is 0.339 e. The standard InChI is InChI=1S/C22H33F3N4O2/c1-16(21(2,3)4)27(5)15-20(31)29-12-10-28(11-13-29)14-19(30)26-18-9-7-6-8-17(18)22(23,24)25/h6-9,16H,10-15H2,1-5H3,(H,26,30). The maximum absolute atomic E-state index is 13.1. The number of hydrogen-bond donors (Lipinski definition) is 1. The number of nitrogens with zero attached hydrogens (tertiary/aromatic N) is 3. The van der Waals surface area contributed by atoms with Crippen LogP contribution >= 0.6 is 0 Å². The van der Waals surface area contributed by atoms with Gasteiger partial charge in [0.25, 0.3) is 0 Å². The molecule has 1 aromatic rings. The highest BCUT2D eigenvalue weighted by Gasteiger charge is 2.34. The number of amides is 2. The maximum atomic E-state index is 13.1. The van der Waals surface area contributed by atoms with E-state index in [-0.39, 0.29) is 29.6 Å². The summed E-state index contributed by atoms with van der Waals surface area (Å²) in [4.78, 5) is 30.6. The van der Waals surface area contributed by atoms with Crippen LogP contribution in [0.2, 0.25) is 0 Å². The van der Waals surface area contributed by atoms with Gasteiger partial charge in [0, 0.05) is 32.2 Å². The zero-order valence-electron chi connectivity index (χ0n) is 18.9. The molecule has 1 unspecified atom stereocenters. The summed E-state index contributed by atoms with van der Waals surface area (Å²) in [6, 6.07) is 5.16. The van der Waals surface area contributed by atoms with E-state index in [1.54, 1.807) is 4.90 Å². The van der Waals surface area contributed by atoms with E-state index < -0.39 is 17.6 Å². The Balaban J connectivity index is 1.83. The van der Waals surface area contributed by atoms with Crippen LogP contribution in [0.25, 0.3) is 0 Å². The fourth-order valence-electron chi connectivity index (χ4n) is 3.50. The molecule has 1 aromatic carbocycles. The first-order chi connectivity index (χ1) is 14.3. The van der Waals surface area contributed by atoms with Crippen molar-refractivity contribution in [2.45, 2.75) is 39.9 Å². The van der Waals surface area contributed by atoms with E-state index >= 15 is 0 Å². The van der Waals surface area contributed by atoms with Crippen LogP contribution in [-0.4, -0.2) is 78.9 Å². The number of para-hydroxylation sites is 1. The van der Waals surface area contributed by atoms with Crippen molar-refractivity contribution in [3.05, 3.63) is 29.8 Å². The number of rotatable bonds is 6. The highest BCUT2D eigenvalue weighted by atomic mass is 19.4. The van der Waals surface area contributed by atoms with Crippen LogP contribution in [0.4, 0.5) is 18.9 Å². The molecular formula is C22H33F3N4O2. The molecule has 0 aromatic heterocycles. The van der Waals surface area contributed by atoms with Crippen molar-refractivity contribution in [2.75, 3.05) is 51.6 Å². The van der Waals surface area contributed by atoms with E-state index in [0.717, 1.165) is 6.07 Å². The van der Waals surface area contributed by atoms with Gasteiger partial charge in [-0.25, -0.2) is 0 Å². The third-order valence-electron chi connectivity index (χ3n) is 5.90. The Morgan fingerprint density at radius 3 is 2.23 bits per heavy atom. The molecule has 0 saturated carbocycles. The van der Waals surface area contributed by atoms with Crippen LogP contribution in [0, 0.1) is 5.41 Å². The number of likely N-dealkylation sites (N-methyl/N-ethyl adjacent to an activating group) is 1. The van der Waals surface area contributed by atoms with Crippen molar-refractivity contribution in [3.63, 3.8) is 0 Å². The minimum absolute atomic E-state index is 0.0187. The molecule has 2 rings (SSSR count). The molecule has 1 saturated heterocycles. The van der Waals surface area contributed by atoms with Gasteiger partial charge in [-0.05, 0) is 31.5 Å². The van der Waals surface area contributed by atoms with Crippen molar-refractivity contribution in [2.24, 2.45) is 5.41 Å². The number of piperazine rings is 1. The third kappa shape index (κ3) is 7.21. The predicted octanol–water partition coefficient (Wildman–Crippen LogP) is 3.15. The van der Waals surface area contributed by atoms with Gasteiger partial charge in [-0.15, -0.1) is 0 Å². The summed E-state index contributed by atoms with van der Waals surface area (Å²) in [5, 5.41) is 2.36. The molecule has 0 aliphatic carbocycles. The van der Waals surface area contributed by atoms with E-state index in [0.29, 0.717) is 32.7 Å². The molecule has 0 spiro atoms. The number of anilines is 1. The minimum atomic E-state index is -4.53. The zero-order chi connectivity index (χ0) is 23.4. The average molecular weight is 443 g/mol. The molecule has 1 aliphatic heterocycles. The molecular weight excluding hydrogens is 409 g/mol. The minimum Gasteiger partial charge on any atom is -0.339 e. The first kappa shape index (κ1) is 25.1. The summed E-state index contributed by atoms with van der Waals surface area (Å²) in [5.41, 5.74) is -1.05. The highest BCUT2D eigenvalue weighted by molar-refractivity contribution is 5.93. The van der Waals surface area contributed by atoms with Gasteiger partial charge in [-0.3, -0.25) is 19.4 Å². The van der Waals surface area contributed by atoms with Crippen LogP contribution < -0.4 is 5.32 Å². The van der Waals surface area contributed by atoms with Crippen LogP contribution in [0.1, 0.15) is 33.3 Å². The average Bonchev–Trinajstić information content (AvgIpc) is 2.66.